The first kappa shape index (κ1) is 15.0. The molecule has 3 heteroatoms. The van der Waals surface area contributed by atoms with E-state index in [2.05, 4.69) is 25.2 Å². The highest BCUT2D eigenvalue weighted by Crippen LogP contribution is 2.32. The molecule has 0 aromatic heterocycles. The van der Waals surface area contributed by atoms with E-state index < -0.39 is 0 Å². The molecule has 1 saturated carbocycles. The zero-order valence-electron chi connectivity index (χ0n) is 13.1. The third-order valence-electron chi connectivity index (χ3n) is 3.85. The predicted octanol–water partition coefficient (Wildman–Crippen LogP) is 4.29. The first-order valence-electron chi connectivity index (χ1n) is 7.76. The maximum absolute atomic E-state index is 5.97. The van der Waals surface area contributed by atoms with Crippen LogP contribution in [0.3, 0.4) is 0 Å². The summed E-state index contributed by atoms with van der Waals surface area (Å²) in [6, 6.07) is 6.48. The molecule has 3 N–H and O–H groups in total. The Bertz CT molecular complexity index is 435. The van der Waals surface area contributed by atoms with Crippen molar-refractivity contribution in [2.24, 2.45) is 11.8 Å². The van der Waals surface area contributed by atoms with Gasteiger partial charge in [0.15, 0.2) is 0 Å². The SMILES string of the molecule is CC1CC(C)CC(Nc2cc(N)cc(OC(C)C)c2)C1. The lowest BCUT2D eigenvalue weighted by Crippen LogP contribution is -2.30. The number of hydrogen-bond donors (Lipinski definition) is 2. The summed E-state index contributed by atoms with van der Waals surface area (Å²) in [7, 11) is 0. The second-order valence-electron chi connectivity index (χ2n) is 6.72. The number of hydrogen-bond acceptors (Lipinski definition) is 3. The predicted molar refractivity (Wildman–Crippen MR) is 86.2 cm³/mol. The first-order valence-corrected chi connectivity index (χ1v) is 7.76. The van der Waals surface area contributed by atoms with Gasteiger partial charge in [-0.15, -0.1) is 0 Å². The molecule has 1 aliphatic rings. The van der Waals surface area contributed by atoms with Gasteiger partial charge in [0.25, 0.3) is 0 Å². The zero-order valence-corrected chi connectivity index (χ0v) is 13.1. The van der Waals surface area contributed by atoms with E-state index in [0.29, 0.717) is 6.04 Å². The molecule has 1 aromatic carbocycles. The molecule has 1 aromatic rings. The molecule has 0 bridgehead atoms. The number of ether oxygens (including phenoxy) is 1. The van der Waals surface area contributed by atoms with E-state index in [-0.39, 0.29) is 6.10 Å². The van der Waals surface area contributed by atoms with Gasteiger partial charge in [-0.1, -0.05) is 13.8 Å². The molecule has 3 nitrogen and oxygen atoms in total. The minimum atomic E-state index is 0.166. The lowest BCUT2D eigenvalue weighted by Gasteiger charge is -2.32. The van der Waals surface area contributed by atoms with Gasteiger partial charge < -0.3 is 15.8 Å². The minimum absolute atomic E-state index is 0.166. The third-order valence-corrected chi connectivity index (χ3v) is 3.85. The second-order valence-corrected chi connectivity index (χ2v) is 6.72. The monoisotopic (exact) mass is 276 g/mol. The van der Waals surface area contributed by atoms with E-state index in [9.17, 15) is 0 Å². The molecule has 2 rings (SSSR count). The van der Waals surface area contributed by atoms with Crippen LogP contribution in [-0.2, 0) is 0 Å². The van der Waals surface area contributed by atoms with Crippen molar-refractivity contribution >= 4 is 11.4 Å². The fraction of sp³-hybridized carbons (Fsp3) is 0.647. The van der Waals surface area contributed by atoms with Crippen LogP contribution in [0.25, 0.3) is 0 Å². The van der Waals surface area contributed by atoms with Gasteiger partial charge in [0.1, 0.15) is 5.75 Å². The Kier molecular flexibility index (Phi) is 4.79. The van der Waals surface area contributed by atoms with Crippen molar-refractivity contribution in [2.45, 2.75) is 59.1 Å². The van der Waals surface area contributed by atoms with Gasteiger partial charge in [-0.3, -0.25) is 0 Å². The molecule has 2 atom stereocenters. The maximum atomic E-state index is 5.97. The third kappa shape index (κ3) is 4.32. The molecule has 0 saturated heterocycles. The quantitative estimate of drug-likeness (QED) is 0.806. The summed E-state index contributed by atoms with van der Waals surface area (Å²) in [5, 5.41) is 3.64. The minimum Gasteiger partial charge on any atom is -0.491 e. The summed E-state index contributed by atoms with van der Waals surface area (Å²) in [6.45, 7) is 8.75. The van der Waals surface area contributed by atoms with E-state index in [1.165, 1.54) is 19.3 Å². The van der Waals surface area contributed by atoms with Crippen molar-refractivity contribution in [3.63, 3.8) is 0 Å². The van der Waals surface area contributed by atoms with Crippen LogP contribution in [0.4, 0.5) is 11.4 Å². The van der Waals surface area contributed by atoms with Gasteiger partial charge in [-0.05, 0) is 51.0 Å². The van der Waals surface area contributed by atoms with E-state index in [0.717, 1.165) is 29.0 Å². The molecule has 1 aliphatic carbocycles. The molecular weight excluding hydrogens is 248 g/mol. The molecule has 20 heavy (non-hydrogen) atoms. The first-order chi connectivity index (χ1) is 9.42. The average molecular weight is 276 g/mol. The Morgan fingerprint density at radius 1 is 1.10 bits per heavy atom. The Morgan fingerprint density at radius 3 is 2.35 bits per heavy atom. The fourth-order valence-electron chi connectivity index (χ4n) is 3.35. The largest absolute Gasteiger partial charge is 0.491 e. The number of anilines is 2. The molecular formula is C17H28N2O. The van der Waals surface area contributed by atoms with Gasteiger partial charge >= 0.3 is 0 Å². The molecule has 0 amide bonds. The van der Waals surface area contributed by atoms with Gasteiger partial charge in [-0.2, -0.15) is 0 Å². The molecule has 1 fully saturated rings. The average Bonchev–Trinajstić information content (AvgIpc) is 2.24. The smallest absolute Gasteiger partial charge is 0.123 e. The van der Waals surface area contributed by atoms with Crippen LogP contribution in [0.1, 0.15) is 47.0 Å². The molecule has 112 valence electrons. The van der Waals surface area contributed by atoms with Crippen molar-refractivity contribution in [3.8, 4) is 5.75 Å². The second kappa shape index (κ2) is 6.38. The Hall–Kier alpha value is -1.38. The number of rotatable bonds is 4. The van der Waals surface area contributed by atoms with Crippen LogP contribution in [0.15, 0.2) is 18.2 Å². The molecule has 0 radical (unpaired) electrons. The summed E-state index contributed by atoms with van der Waals surface area (Å²) >= 11 is 0. The molecule has 2 unspecified atom stereocenters. The lowest BCUT2D eigenvalue weighted by molar-refractivity contribution is 0.242. The highest BCUT2D eigenvalue weighted by Gasteiger charge is 2.23. The normalized spacial score (nSPS) is 26.6. The van der Waals surface area contributed by atoms with Crippen LogP contribution in [-0.4, -0.2) is 12.1 Å². The highest BCUT2D eigenvalue weighted by atomic mass is 16.5. The number of nitrogens with one attached hydrogen (secondary N) is 1. The molecule has 0 heterocycles. The van der Waals surface area contributed by atoms with Crippen molar-refractivity contribution in [1.29, 1.82) is 0 Å². The van der Waals surface area contributed by atoms with Gasteiger partial charge in [0.2, 0.25) is 0 Å². The highest BCUT2D eigenvalue weighted by molar-refractivity contribution is 5.59. The van der Waals surface area contributed by atoms with E-state index in [4.69, 9.17) is 10.5 Å². The zero-order chi connectivity index (χ0) is 14.7. The van der Waals surface area contributed by atoms with Gasteiger partial charge in [0, 0.05) is 29.5 Å². The van der Waals surface area contributed by atoms with E-state index in [1.807, 2.05) is 26.0 Å². The molecule has 0 spiro atoms. The van der Waals surface area contributed by atoms with E-state index in [1.54, 1.807) is 0 Å². The number of nitrogens with two attached hydrogens (primary N) is 1. The van der Waals surface area contributed by atoms with Crippen molar-refractivity contribution in [3.05, 3.63) is 18.2 Å². The molecule has 0 aliphatic heterocycles. The number of benzene rings is 1. The standard InChI is InChI=1S/C17H28N2O/c1-11(2)20-17-9-14(18)8-16(10-17)19-15-6-12(3)5-13(4)7-15/h8-13,15,19H,5-7,18H2,1-4H3. The fourth-order valence-corrected chi connectivity index (χ4v) is 3.35. The summed E-state index contributed by atoms with van der Waals surface area (Å²) in [5.74, 6) is 2.44. The summed E-state index contributed by atoms with van der Waals surface area (Å²) in [5.41, 5.74) is 7.80. The Morgan fingerprint density at radius 2 is 1.75 bits per heavy atom. The van der Waals surface area contributed by atoms with Crippen molar-refractivity contribution < 1.29 is 4.74 Å². The van der Waals surface area contributed by atoms with Crippen LogP contribution in [0.5, 0.6) is 5.75 Å². The topological polar surface area (TPSA) is 47.3 Å². The van der Waals surface area contributed by atoms with Crippen LogP contribution < -0.4 is 15.8 Å². The Labute approximate surface area is 122 Å². The Balaban J connectivity index is 2.06. The number of nitrogen functional groups attached to an aromatic ring is 1. The summed E-state index contributed by atoms with van der Waals surface area (Å²) in [4.78, 5) is 0. The van der Waals surface area contributed by atoms with Crippen LogP contribution in [0, 0.1) is 11.8 Å². The summed E-state index contributed by atoms with van der Waals surface area (Å²) < 4.78 is 5.75. The van der Waals surface area contributed by atoms with Crippen molar-refractivity contribution in [1.82, 2.24) is 0 Å². The van der Waals surface area contributed by atoms with Gasteiger partial charge in [0.05, 0.1) is 6.10 Å². The lowest BCUT2D eigenvalue weighted by atomic mass is 9.80. The summed E-state index contributed by atoms with van der Waals surface area (Å²) in [6.07, 6.45) is 3.98. The maximum Gasteiger partial charge on any atom is 0.123 e. The van der Waals surface area contributed by atoms with Gasteiger partial charge in [-0.25, -0.2) is 0 Å². The van der Waals surface area contributed by atoms with E-state index >= 15 is 0 Å². The van der Waals surface area contributed by atoms with Crippen molar-refractivity contribution in [2.75, 3.05) is 11.1 Å². The van der Waals surface area contributed by atoms with Crippen LogP contribution in [0.2, 0.25) is 0 Å². The van der Waals surface area contributed by atoms with Crippen LogP contribution >= 0.6 is 0 Å².